The lowest BCUT2D eigenvalue weighted by Gasteiger charge is -2.37. The molecule has 440 valence electrons. The molecule has 1 aliphatic rings. The van der Waals surface area contributed by atoms with E-state index >= 15 is 0 Å². The normalized spacial score (nSPS) is 15.9. The van der Waals surface area contributed by atoms with E-state index in [1.165, 1.54) is 161 Å². The van der Waals surface area contributed by atoms with E-state index in [1.807, 2.05) is 0 Å². The van der Waals surface area contributed by atoms with Gasteiger partial charge in [0.1, 0.15) is 12.1 Å². The van der Waals surface area contributed by atoms with Crippen molar-refractivity contribution < 1.29 is 15.3 Å². The second-order valence-corrected chi connectivity index (χ2v) is 23.5. The van der Waals surface area contributed by atoms with Gasteiger partial charge < -0.3 is 15.3 Å². The van der Waals surface area contributed by atoms with E-state index in [1.54, 1.807) is 0 Å². The first-order valence-electron chi connectivity index (χ1n) is 32.5. The van der Waals surface area contributed by atoms with Crippen molar-refractivity contribution in [2.45, 2.75) is 303 Å². The third kappa shape index (κ3) is 42.8. The Morgan fingerprint density at radius 3 is 0.932 bits per heavy atom. The van der Waals surface area contributed by atoms with E-state index in [0.29, 0.717) is 32.7 Å². The van der Waals surface area contributed by atoms with Crippen LogP contribution in [0, 0.1) is 9.81 Å². The maximum atomic E-state index is 12.4. The van der Waals surface area contributed by atoms with Gasteiger partial charge in [-0.25, -0.2) is 0 Å². The van der Waals surface area contributed by atoms with Crippen molar-refractivity contribution in [3.05, 3.63) is 9.81 Å². The summed E-state index contributed by atoms with van der Waals surface area (Å²) in [6, 6.07) is -0.459. The first-order valence-corrected chi connectivity index (χ1v) is 32.5. The minimum absolute atomic E-state index is 0.227. The molecule has 74 heavy (non-hydrogen) atoms. The molecule has 1 fully saturated rings. The maximum Gasteiger partial charge on any atom is 0.105 e. The summed E-state index contributed by atoms with van der Waals surface area (Å²) in [7, 11) is 0. The molecule has 0 aromatic carbocycles. The SMILES string of the molecule is CCCCCCCCCCC(O)CN(CCN(CCN1CCN(CCN(CC(O)CCC)CC(CCCCCCCCCC)N=O)CC1)CC(CCCCCCCCCC)N=O)CC(O)CCCCCCCCC. The minimum atomic E-state index is -0.409. The fourth-order valence-electron chi connectivity index (χ4n) is 11.2. The van der Waals surface area contributed by atoms with Crippen molar-refractivity contribution in [3.63, 3.8) is 0 Å². The van der Waals surface area contributed by atoms with Crippen molar-refractivity contribution in [2.75, 3.05) is 98.2 Å². The van der Waals surface area contributed by atoms with Crippen molar-refractivity contribution in [1.29, 1.82) is 0 Å². The zero-order valence-corrected chi connectivity index (χ0v) is 49.9. The van der Waals surface area contributed by atoms with Crippen LogP contribution in [0.25, 0.3) is 0 Å². The van der Waals surface area contributed by atoms with Gasteiger partial charge >= 0.3 is 0 Å². The van der Waals surface area contributed by atoms with Gasteiger partial charge in [0.15, 0.2) is 0 Å². The molecular weight excluding hydrogens is 923 g/mol. The zero-order chi connectivity index (χ0) is 54.0. The molecule has 1 saturated heterocycles. The summed E-state index contributed by atoms with van der Waals surface area (Å²) < 4.78 is 0. The molecule has 12 nitrogen and oxygen atoms in total. The molecular formula is C62H127N7O5. The Morgan fingerprint density at radius 2 is 0.595 bits per heavy atom. The highest BCUT2D eigenvalue weighted by Crippen LogP contribution is 2.18. The lowest BCUT2D eigenvalue weighted by molar-refractivity contribution is 0.0523. The van der Waals surface area contributed by atoms with Gasteiger partial charge in [-0.15, -0.1) is 0 Å². The van der Waals surface area contributed by atoms with E-state index in [4.69, 9.17) is 0 Å². The number of rotatable bonds is 58. The van der Waals surface area contributed by atoms with Crippen molar-refractivity contribution >= 4 is 0 Å². The third-order valence-corrected chi connectivity index (χ3v) is 16.2. The average Bonchev–Trinajstić information content (AvgIpc) is 3.40. The van der Waals surface area contributed by atoms with Gasteiger partial charge in [-0.2, -0.15) is 9.81 Å². The summed E-state index contributed by atoms with van der Waals surface area (Å²) >= 11 is 0. The van der Waals surface area contributed by atoms with Gasteiger partial charge in [0.05, 0.1) is 18.3 Å². The van der Waals surface area contributed by atoms with Crippen LogP contribution in [0.2, 0.25) is 0 Å². The van der Waals surface area contributed by atoms with E-state index in [0.717, 1.165) is 142 Å². The Labute approximate surface area is 459 Å². The van der Waals surface area contributed by atoms with Gasteiger partial charge in [0, 0.05) is 98.2 Å². The number of hydrogen-bond donors (Lipinski definition) is 3. The number of aliphatic hydroxyl groups excluding tert-OH is 3. The molecule has 1 heterocycles. The summed E-state index contributed by atoms with van der Waals surface area (Å²) in [5, 5.41) is 40.9. The van der Waals surface area contributed by atoms with Crippen LogP contribution in [0.4, 0.5) is 0 Å². The lowest BCUT2D eigenvalue weighted by Crippen LogP contribution is -2.51. The van der Waals surface area contributed by atoms with Crippen LogP contribution in [-0.2, 0) is 0 Å². The monoisotopic (exact) mass is 1050 g/mol. The Balaban J connectivity index is 2.96. The van der Waals surface area contributed by atoms with Crippen molar-refractivity contribution in [3.8, 4) is 0 Å². The summed E-state index contributed by atoms with van der Waals surface area (Å²) in [4.78, 5) is 36.7. The molecule has 0 saturated carbocycles. The molecule has 1 rings (SSSR count). The quantitative estimate of drug-likeness (QED) is 0.0399. The number of nitrogens with zero attached hydrogens (tertiary/aromatic N) is 7. The van der Waals surface area contributed by atoms with E-state index in [2.05, 4.69) is 69.5 Å². The maximum absolute atomic E-state index is 12.4. The van der Waals surface area contributed by atoms with E-state index < -0.39 is 12.2 Å². The topological polar surface area (TPSA) is 136 Å². The lowest BCUT2D eigenvalue weighted by atomic mass is 10.0. The van der Waals surface area contributed by atoms with Crippen LogP contribution in [0.5, 0.6) is 0 Å². The first kappa shape index (κ1) is 70.9. The van der Waals surface area contributed by atoms with Crippen LogP contribution in [0.3, 0.4) is 0 Å². The Kier molecular flexibility index (Phi) is 50.4. The smallest absolute Gasteiger partial charge is 0.105 e. The van der Waals surface area contributed by atoms with Crippen LogP contribution >= 0.6 is 0 Å². The fourth-order valence-corrected chi connectivity index (χ4v) is 11.2. The van der Waals surface area contributed by atoms with Gasteiger partial charge in [-0.1, -0.05) is 250 Å². The largest absolute Gasteiger partial charge is 0.392 e. The highest BCUT2D eigenvalue weighted by molar-refractivity contribution is 4.81. The molecule has 0 amide bonds. The Bertz CT molecular complexity index is 1180. The minimum Gasteiger partial charge on any atom is -0.392 e. The number of piperazine rings is 1. The third-order valence-electron chi connectivity index (χ3n) is 16.2. The zero-order valence-electron chi connectivity index (χ0n) is 49.9. The molecule has 5 unspecified atom stereocenters. The predicted molar refractivity (Wildman–Crippen MR) is 319 cm³/mol. The number of unbranched alkanes of at least 4 members (excludes halogenated alkanes) is 27. The van der Waals surface area contributed by atoms with Crippen molar-refractivity contribution in [2.24, 2.45) is 10.4 Å². The molecule has 12 heteroatoms. The summed E-state index contributed by atoms with van der Waals surface area (Å²) in [6.45, 7) is 23.2. The Morgan fingerprint density at radius 1 is 0.324 bits per heavy atom. The van der Waals surface area contributed by atoms with E-state index in [-0.39, 0.29) is 18.2 Å². The standard InChI is InChI=1S/C62H127N7O5/c1-6-11-15-19-23-27-30-34-39-58(63-73)53-67(50-52-69(56-61(71)41-36-32-26-22-18-14-9-4)57-62(72)42-37-33-29-25-21-17-13-8-3)49-47-65-43-45-66(46-44-65)48-51-68(55-60(70)38-10-5)54-59(64-74)40-35-31-28-24-20-16-12-7-2/h58-62,70-72H,6-57H2,1-5H3. The number of nitroso groups, excluding NO2 is 2. The summed E-state index contributed by atoms with van der Waals surface area (Å²) in [5.74, 6) is 0. The van der Waals surface area contributed by atoms with Crippen LogP contribution in [0.15, 0.2) is 10.4 Å². The van der Waals surface area contributed by atoms with Gasteiger partial charge in [0.25, 0.3) is 0 Å². The molecule has 0 radical (unpaired) electrons. The molecule has 0 aromatic rings. The van der Waals surface area contributed by atoms with Crippen LogP contribution < -0.4 is 0 Å². The molecule has 3 N–H and O–H groups in total. The molecule has 1 aliphatic heterocycles. The predicted octanol–water partition coefficient (Wildman–Crippen LogP) is 14.4. The Hall–Kier alpha value is -1.12. The fraction of sp³-hybridized carbons (Fsp3) is 1.00. The molecule has 0 aliphatic carbocycles. The van der Waals surface area contributed by atoms with Gasteiger partial charge in [-0.3, -0.25) is 24.5 Å². The second-order valence-electron chi connectivity index (χ2n) is 23.5. The summed E-state index contributed by atoms with van der Waals surface area (Å²) in [5.41, 5.74) is 0. The summed E-state index contributed by atoms with van der Waals surface area (Å²) in [6.07, 6.45) is 42.3. The highest BCUT2D eigenvalue weighted by Gasteiger charge is 2.24. The molecule has 5 atom stereocenters. The molecule has 0 spiro atoms. The van der Waals surface area contributed by atoms with Crippen molar-refractivity contribution in [1.82, 2.24) is 24.5 Å². The molecule has 0 bridgehead atoms. The van der Waals surface area contributed by atoms with E-state index in [9.17, 15) is 25.1 Å². The molecule has 0 aromatic heterocycles. The van der Waals surface area contributed by atoms with Crippen LogP contribution in [0.1, 0.15) is 272 Å². The number of aliphatic hydroxyl groups is 3. The highest BCUT2D eigenvalue weighted by atomic mass is 16.3. The second kappa shape index (κ2) is 52.6. The van der Waals surface area contributed by atoms with Gasteiger partial charge in [0.2, 0.25) is 0 Å². The first-order chi connectivity index (χ1) is 36.2. The van der Waals surface area contributed by atoms with Crippen LogP contribution in [-0.4, -0.2) is 168 Å². The number of hydrogen-bond acceptors (Lipinski definition) is 12. The average molecular weight is 1050 g/mol. The van der Waals surface area contributed by atoms with Gasteiger partial charge in [-0.05, 0) is 32.1 Å².